The van der Waals surface area contributed by atoms with Crippen molar-refractivity contribution in [1.82, 2.24) is 4.90 Å². The summed E-state index contributed by atoms with van der Waals surface area (Å²) in [6, 6.07) is 11.3. The molecule has 0 bridgehead atoms. The number of carbonyl (C=O) groups excluding carboxylic acids is 1. The summed E-state index contributed by atoms with van der Waals surface area (Å²) in [4.78, 5) is 14.2. The summed E-state index contributed by atoms with van der Waals surface area (Å²) in [6.45, 7) is 7.19. The van der Waals surface area contributed by atoms with Gasteiger partial charge in [-0.05, 0) is 61.2 Å². The van der Waals surface area contributed by atoms with E-state index in [1.165, 1.54) is 12.1 Å². The highest BCUT2D eigenvalue weighted by molar-refractivity contribution is 5.75. The molecule has 0 spiro atoms. The Morgan fingerprint density at radius 3 is 2.39 bits per heavy atom. The second-order valence-electron chi connectivity index (χ2n) is 7.83. The summed E-state index contributed by atoms with van der Waals surface area (Å²) in [5.74, 6) is -0.698. The second kappa shape index (κ2) is 12.5. The zero-order chi connectivity index (χ0) is 23.6. The van der Waals surface area contributed by atoms with E-state index in [0.29, 0.717) is 38.3 Å². The third kappa shape index (κ3) is 7.65. The minimum Gasteiger partial charge on any atom is -0.492 e. The lowest BCUT2D eigenvalue weighted by Gasteiger charge is -2.26. The molecule has 1 aliphatic rings. The fourth-order valence-electron chi connectivity index (χ4n) is 3.79. The highest BCUT2D eigenvalue weighted by atomic mass is 19.1. The molecular weight excluding hydrogens is 428 g/mol. The molecule has 0 saturated carbocycles. The molecule has 2 aromatic carbocycles. The maximum absolute atomic E-state index is 13.5. The number of rotatable bonds is 11. The standard InChI is InChI=1S/C26H31F2NO4/c1-3-31-25(26(30)32-4-2)15-19-5-7-24(8-6-19)33-14-13-29-11-9-20(10-12-29)21-16-22(27)18-23(28)17-21/h5-9,16-18,25H,3-4,10-15H2,1-2H3. The van der Waals surface area contributed by atoms with Crippen LogP contribution in [0.4, 0.5) is 8.78 Å². The average Bonchev–Trinajstić information content (AvgIpc) is 2.80. The molecule has 0 aliphatic carbocycles. The molecule has 1 atom stereocenters. The van der Waals surface area contributed by atoms with E-state index in [9.17, 15) is 13.6 Å². The van der Waals surface area contributed by atoms with Gasteiger partial charge in [0.2, 0.25) is 0 Å². The van der Waals surface area contributed by atoms with Gasteiger partial charge < -0.3 is 14.2 Å². The molecule has 3 rings (SSSR count). The van der Waals surface area contributed by atoms with Crippen LogP contribution >= 0.6 is 0 Å². The molecule has 1 heterocycles. The topological polar surface area (TPSA) is 48.0 Å². The van der Waals surface area contributed by atoms with Crippen LogP contribution < -0.4 is 4.74 Å². The largest absolute Gasteiger partial charge is 0.492 e. The molecule has 0 radical (unpaired) electrons. The average molecular weight is 460 g/mol. The molecule has 1 aliphatic heterocycles. The third-order valence-corrected chi connectivity index (χ3v) is 5.46. The van der Waals surface area contributed by atoms with Crippen molar-refractivity contribution in [3.05, 3.63) is 71.3 Å². The van der Waals surface area contributed by atoms with E-state index in [-0.39, 0.29) is 5.97 Å². The normalized spacial score (nSPS) is 15.1. The Morgan fingerprint density at radius 2 is 1.79 bits per heavy atom. The molecule has 5 nitrogen and oxygen atoms in total. The predicted octanol–water partition coefficient (Wildman–Crippen LogP) is 4.64. The van der Waals surface area contributed by atoms with E-state index in [1.807, 2.05) is 37.3 Å². The first-order valence-electron chi connectivity index (χ1n) is 11.4. The number of esters is 1. The molecule has 0 aromatic heterocycles. The minimum atomic E-state index is -0.609. The Balaban J connectivity index is 1.44. The Kier molecular flexibility index (Phi) is 9.39. The molecule has 0 N–H and O–H groups in total. The molecule has 178 valence electrons. The summed E-state index contributed by atoms with van der Waals surface area (Å²) in [6.07, 6.45) is 2.59. The maximum atomic E-state index is 13.5. The number of hydrogen-bond donors (Lipinski definition) is 0. The number of benzene rings is 2. The Bertz CT molecular complexity index is 926. The van der Waals surface area contributed by atoms with Crippen molar-refractivity contribution in [2.45, 2.75) is 32.8 Å². The number of hydrogen-bond acceptors (Lipinski definition) is 5. The zero-order valence-electron chi connectivity index (χ0n) is 19.2. The van der Waals surface area contributed by atoms with Crippen molar-refractivity contribution in [3.63, 3.8) is 0 Å². The van der Waals surface area contributed by atoms with Crippen LogP contribution in [0.5, 0.6) is 5.75 Å². The van der Waals surface area contributed by atoms with Gasteiger partial charge in [0.1, 0.15) is 24.0 Å². The van der Waals surface area contributed by atoms with Crippen LogP contribution in [0.1, 0.15) is 31.4 Å². The van der Waals surface area contributed by atoms with Crippen molar-refractivity contribution >= 4 is 11.5 Å². The Morgan fingerprint density at radius 1 is 1.06 bits per heavy atom. The van der Waals surface area contributed by atoms with Gasteiger partial charge >= 0.3 is 5.97 Å². The summed E-state index contributed by atoms with van der Waals surface area (Å²) >= 11 is 0. The minimum absolute atomic E-state index is 0.326. The lowest BCUT2D eigenvalue weighted by Crippen LogP contribution is -2.32. The Hall–Kier alpha value is -2.77. The zero-order valence-corrected chi connectivity index (χ0v) is 19.2. The lowest BCUT2D eigenvalue weighted by atomic mass is 9.99. The molecule has 0 fully saturated rings. The van der Waals surface area contributed by atoms with Crippen LogP contribution in [0.3, 0.4) is 0 Å². The van der Waals surface area contributed by atoms with Gasteiger partial charge in [0.15, 0.2) is 6.10 Å². The number of ether oxygens (including phenoxy) is 3. The monoisotopic (exact) mass is 459 g/mol. The van der Waals surface area contributed by atoms with Crippen molar-refractivity contribution in [2.75, 3.05) is 39.5 Å². The van der Waals surface area contributed by atoms with Gasteiger partial charge in [-0.2, -0.15) is 0 Å². The fourth-order valence-corrected chi connectivity index (χ4v) is 3.79. The number of nitrogens with zero attached hydrogens (tertiary/aromatic N) is 1. The van der Waals surface area contributed by atoms with Gasteiger partial charge in [0.05, 0.1) is 6.61 Å². The highest BCUT2D eigenvalue weighted by Crippen LogP contribution is 2.24. The van der Waals surface area contributed by atoms with E-state index in [2.05, 4.69) is 4.90 Å². The van der Waals surface area contributed by atoms with E-state index in [4.69, 9.17) is 14.2 Å². The summed E-state index contributed by atoms with van der Waals surface area (Å²) in [5, 5.41) is 0. The van der Waals surface area contributed by atoms with Gasteiger partial charge in [-0.3, -0.25) is 4.90 Å². The molecular formula is C26H31F2NO4. The molecule has 2 aromatic rings. The molecule has 1 unspecified atom stereocenters. The van der Waals surface area contributed by atoms with Crippen molar-refractivity contribution < 1.29 is 27.8 Å². The molecule has 7 heteroatoms. The number of carbonyl (C=O) groups is 1. The first-order chi connectivity index (χ1) is 16.0. The molecule has 33 heavy (non-hydrogen) atoms. The van der Waals surface area contributed by atoms with Crippen LogP contribution in [-0.4, -0.2) is 56.4 Å². The van der Waals surface area contributed by atoms with E-state index in [1.54, 1.807) is 6.92 Å². The van der Waals surface area contributed by atoms with Gasteiger partial charge in [0.25, 0.3) is 0 Å². The predicted molar refractivity (Wildman–Crippen MR) is 123 cm³/mol. The first kappa shape index (κ1) is 24.9. The second-order valence-corrected chi connectivity index (χ2v) is 7.83. The maximum Gasteiger partial charge on any atom is 0.335 e. The highest BCUT2D eigenvalue weighted by Gasteiger charge is 2.20. The van der Waals surface area contributed by atoms with Gasteiger partial charge in [-0.15, -0.1) is 0 Å². The quantitative estimate of drug-likeness (QED) is 0.458. The van der Waals surface area contributed by atoms with E-state index in [0.717, 1.165) is 42.5 Å². The first-order valence-corrected chi connectivity index (χ1v) is 11.4. The smallest absolute Gasteiger partial charge is 0.335 e. The van der Waals surface area contributed by atoms with E-state index < -0.39 is 17.7 Å². The Labute approximate surface area is 193 Å². The van der Waals surface area contributed by atoms with Crippen LogP contribution in [0.25, 0.3) is 5.57 Å². The van der Waals surface area contributed by atoms with Crippen LogP contribution in [-0.2, 0) is 20.7 Å². The summed E-state index contributed by atoms with van der Waals surface area (Å²) in [7, 11) is 0. The van der Waals surface area contributed by atoms with Crippen molar-refractivity contribution in [3.8, 4) is 5.75 Å². The van der Waals surface area contributed by atoms with Crippen molar-refractivity contribution in [1.29, 1.82) is 0 Å². The molecule has 0 saturated heterocycles. The van der Waals surface area contributed by atoms with Gasteiger partial charge in [0, 0.05) is 38.7 Å². The molecule has 0 amide bonds. The van der Waals surface area contributed by atoms with Gasteiger partial charge in [-0.25, -0.2) is 13.6 Å². The SMILES string of the molecule is CCOC(=O)C(Cc1ccc(OCCN2CC=C(c3cc(F)cc(F)c3)CC2)cc1)OCC. The van der Waals surface area contributed by atoms with Crippen LogP contribution in [0.15, 0.2) is 48.5 Å². The summed E-state index contributed by atoms with van der Waals surface area (Å²) in [5.41, 5.74) is 2.55. The third-order valence-electron chi connectivity index (χ3n) is 5.46. The van der Waals surface area contributed by atoms with Crippen LogP contribution in [0, 0.1) is 11.6 Å². The number of halogens is 2. The lowest BCUT2D eigenvalue weighted by molar-refractivity contribution is -0.156. The van der Waals surface area contributed by atoms with E-state index >= 15 is 0 Å². The fraction of sp³-hybridized carbons (Fsp3) is 0.423. The summed E-state index contributed by atoms with van der Waals surface area (Å²) < 4.78 is 43.4. The van der Waals surface area contributed by atoms with Crippen LogP contribution in [0.2, 0.25) is 0 Å². The van der Waals surface area contributed by atoms with Gasteiger partial charge in [-0.1, -0.05) is 18.2 Å². The van der Waals surface area contributed by atoms with Crippen molar-refractivity contribution in [2.24, 2.45) is 0 Å².